The number of ether oxygens (including phenoxy) is 1. The summed E-state index contributed by atoms with van der Waals surface area (Å²) in [5.41, 5.74) is 0.544. The topological polar surface area (TPSA) is 49.7 Å². The van der Waals surface area contributed by atoms with Crippen LogP contribution in [0.15, 0.2) is 18.2 Å². The van der Waals surface area contributed by atoms with E-state index in [2.05, 4.69) is 4.74 Å². The second-order valence-corrected chi connectivity index (χ2v) is 2.31. The van der Waals surface area contributed by atoms with E-state index in [0.29, 0.717) is 5.56 Å². The first-order chi connectivity index (χ1) is 6.00. The summed E-state index contributed by atoms with van der Waals surface area (Å²) in [6.45, 7) is -1.11. The predicted octanol–water partition coefficient (Wildman–Crippen LogP) is 0.913. The Morgan fingerprint density at radius 1 is 1.73 bits per heavy atom. The molecule has 2 N–H and O–H groups in total. The van der Waals surface area contributed by atoms with Gasteiger partial charge in [0.2, 0.25) is 0 Å². The number of hydrogen-bond acceptors (Lipinski definition) is 3. The highest BCUT2D eigenvalue weighted by atomic mass is 16.6. The molecule has 0 amide bonds. The van der Waals surface area contributed by atoms with Gasteiger partial charge in [0.25, 0.3) is 0 Å². The maximum atomic E-state index is 9.35. The van der Waals surface area contributed by atoms with Crippen LogP contribution in [0, 0.1) is 0 Å². The molecule has 1 heterocycles. The van der Waals surface area contributed by atoms with Crippen molar-refractivity contribution < 1.29 is 17.7 Å². The zero-order chi connectivity index (χ0) is 9.64. The van der Waals surface area contributed by atoms with Gasteiger partial charge in [-0.25, -0.2) is 0 Å². The van der Waals surface area contributed by atoms with Crippen LogP contribution in [0.4, 0.5) is 0 Å². The maximum absolute atomic E-state index is 9.35. The molecule has 1 aromatic carbocycles. The number of phenolic OH excluding ortho intramolecular Hbond substituents is 1. The Morgan fingerprint density at radius 2 is 2.55 bits per heavy atom. The van der Waals surface area contributed by atoms with Crippen molar-refractivity contribution in [3.63, 3.8) is 0 Å². The van der Waals surface area contributed by atoms with E-state index in [0.717, 1.165) is 0 Å². The van der Waals surface area contributed by atoms with Gasteiger partial charge in [-0.15, -0.1) is 0 Å². The average molecular weight is 154 g/mol. The molecule has 1 aliphatic heterocycles. The zero-order valence-corrected chi connectivity index (χ0v) is 5.61. The summed E-state index contributed by atoms with van der Waals surface area (Å²) in [6.07, 6.45) is -2.16. The van der Waals surface area contributed by atoms with Crippen LogP contribution < -0.4 is 0 Å². The SMILES string of the molecule is [2H]C1OC([2H])(O)c2ccc(O)cc21. The first kappa shape index (κ1) is 4.74. The summed E-state index contributed by atoms with van der Waals surface area (Å²) in [7, 11) is 0. The van der Waals surface area contributed by atoms with Gasteiger partial charge in [-0.1, -0.05) is 0 Å². The predicted molar refractivity (Wildman–Crippen MR) is 37.9 cm³/mol. The summed E-state index contributed by atoms with van der Waals surface area (Å²) >= 11 is 0. The standard InChI is InChI=1S/C8H8O3/c9-6-1-2-7-5(3-6)4-11-8(7)10/h1-3,8-10H,4H2/i4D,8D. The smallest absolute Gasteiger partial charge is 0.181 e. The van der Waals surface area contributed by atoms with E-state index >= 15 is 0 Å². The Balaban J connectivity index is 2.59. The fourth-order valence-corrected chi connectivity index (χ4v) is 1.03. The molecule has 0 aliphatic carbocycles. The minimum Gasteiger partial charge on any atom is -0.508 e. The molecular formula is C8H8O3. The van der Waals surface area contributed by atoms with Crippen LogP contribution in [-0.2, 0) is 11.3 Å². The lowest BCUT2D eigenvalue weighted by Gasteiger charge is -2.00. The first-order valence-electron chi connectivity index (χ1n) is 4.24. The zero-order valence-electron chi connectivity index (χ0n) is 7.61. The summed E-state index contributed by atoms with van der Waals surface area (Å²) in [5.74, 6) is -0.00250. The van der Waals surface area contributed by atoms with Gasteiger partial charge in [0.15, 0.2) is 6.27 Å². The molecule has 0 bridgehead atoms. The van der Waals surface area contributed by atoms with Crippen LogP contribution in [0.3, 0.4) is 0 Å². The third-order valence-electron chi connectivity index (χ3n) is 1.56. The van der Waals surface area contributed by atoms with Crippen LogP contribution in [0.2, 0.25) is 0 Å². The van der Waals surface area contributed by atoms with Crippen molar-refractivity contribution in [2.75, 3.05) is 0 Å². The lowest BCUT2D eigenvalue weighted by molar-refractivity contribution is -0.0918. The lowest BCUT2D eigenvalue weighted by atomic mass is 10.1. The maximum Gasteiger partial charge on any atom is 0.181 e. The van der Waals surface area contributed by atoms with E-state index in [1.165, 1.54) is 18.2 Å². The van der Waals surface area contributed by atoms with E-state index in [9.17, 15) is 5.11 Å². The monoisotopic (exact) mass is 154 g/mol. The highest BCUT2D eigenvalue weighted by Gasteiger charge is 2.20. The third-order valence-corrected chi connectivity index (χ3v) is 1.56. The number of rotatable bonds is 0. The van der Waals surface area contributed by atoms with Crippen molar-refractivity contribution in [2.24, 2.45) is 0 Å². The molecule has 3 nitrogen and oxygen atoms in total. The third kappa shape index (κ3) is 0.982. The quantitative estimate of drug-likeness (QED) is 0.584. The molecule has 3 heteroatoms. The highest BCUT2D eigenvalue weighted by molar-refractivity contribution is 5.36. The largest absolute Gasteiger partial charge is 0.508 e. The van der Waals surface area contributed by atoms with Crippen molar-refractivity contribution in [2.45, 2.75) is 12.8 Å². The lowest BCUT2D eigenvalue weighted by Crippen LogP contribution is -1.91. The van der Waals surface area contributed by atoms with Gasteiger partial charge in [-0.05, 0) is 23.8 Å². The Bertz CT molecular complexity index is 351. The minimum absolute atomic E-state index is 0.00250. The highest BCUT2D eigenvalue weighted by Crippen LogP contribution is 2.30. The molecule has 58 valence electrons. The van der Waals surface area contributed by atoms with Crippen molar-refractivity contribution in [1.29, 1.82) is 0 Å². The molecule has 2 unspecified atom stereocenters. The Morgan fingerprint density at radius 3 is 3.36 bits per heavy atom. The Hall–Kier alpha value is -1.06. The Kier molecular flexibility index (Phi) is 0.957. The van der Waals surface area contributed by atoms with Crippen molar-refractivity contribution in [1.82, 2.24) is 0 Å². The Labute approximate surface area is 66.7 Å². The molecule has 1 aromatic rings. The fourth-order valence-electron chi connectivity index (χ4n) is 1.03. The van der Waals surface area contributed by atoms with Gasteiger partial charge < -0.3 is 14.9 Å². The summed E-state index contributed by atoms with van der Waals surface area (Å²) < 4.78 is 19.3. The van der Waals surface area contributed by atoms with Crippen molar-refractivity contribution >= 4 is 0 Å². The minimum atomic E-state index is -2.16. The van der Waals surface area contributed by atoms with Crippen molar-refractivity contribution in [3.05, 3.63) is 29.3 Å². The van der Waals surface area contributed by atoms with Crippen molar-refractivity contribution in [3.8, 4) is 5.75 Å². The number of aliphatic hydroxyl groups is 1. The molecule has 2 atom stereocenters. The molecule has 0 fully saturated rings. The van der Waals surface area contributed by atoms with Gasteiger partial charge >= 0.3 is 0 Å². The number of benzene rings is 1. The number of aromatic hydroxyl groups is 1. The molecular weight excluding hydrogens is 144 g/mol. The average Bonchev–Trinajstić information content (AvgIpc) is 2.22. The second-order valence-electron chi connectivity index (χ2n) is 2.31. The second kappa shape index (κ2) is 2.22. The summed E-state index contributed by atoms with van der Waals surface area (Å²) in [5, 5.41) is 18.5. The van der Waals surface area contributed by atoms with Gasteiger partial charge in [-0.2, -0.15) is 0 Å². The van der Waals surface area contributed by atoms with E-state index in [1.807, 2.05) is 0 Å². The number of fused-ring (bicyclic) bond motifs is 1. The van der Waals surface area contributed by atoms with Crippen LogP contribution >= 0.6 is 0 Å². The van der Waals surface area contributed by atoms with E-state index in [1.54, 1.807) is 0 Å². The van der Waals surface area contributed by atoms with Crippen LogP contribution in [-0.4, -0.2) is 10.2 Å². The molecule has 0 spiro atoms. The molecule has 0 radical (unpaired) electrons. The molecule has 2 rings (SSSR count). The van der Waals surface area contributed by atoms with E-state index < -0.39 is 12.8 Å². The molecule has 0 saturated heterocycles. The molecule has 0 aromatic heterocycles. The molecule has 0 saturated carbocycles. The van der Waals surface area contributed by atoms with Crippen LogP contribution in [0.1, 0.15) is 20.1 Å². The van der Waals surface area contributed by atoms with Gasteiger partial charge in [0, 0.05) is 5.56 Å². The van der Waals surface area contributed by atoms with Crippen LogP contribution in [0.5, 0.6) is 5.75 Å². The van der Waals surface area contributed by atoms with Gasteiger partial charge in [-0.3, -0.25) is 0 Å². The van der Waals surface area contributed by atoms with Crippen LogP contribution in [0.25, 0.3) is 0 Å². The normalized spacial score (nSPS) is 37.7. The number of hydrogen-bond donors (Lipinski definition) is 2. The summed E-state index contributed by atoms with van der Waals surface area (Å²) in [6, 6.07) is 4.05. The molecule has 1 aliphatic rings. The van der Waals surface area contributed by atoms with Gasteiger partial charge in [0.05, 0.1) is 9.32 Å². The van der Waals surface area contributed by atoms with E-state index in [-0.39, 0.29) is 11.3 Å². The number of phenols is 1. The van der Waals surface area contributed by atoms with E-state index in [4.69, 9.17) is 7.85 Å². The fraction of sp³-hybridized carbons (Fsp3) is 0.250. The van der Waals surface area contributed by atoms with Gasteiger partial charge in [0.1, 0.15) is 5.75 Å². The molecule has 11 heavy (non-hydrogen) atoms. The first-order valence-corrected chi connectivity index (χ1v) is 3.16. The summed E-state index contributed by atoms with van der Waals surface area (Å²) in [4.78, 5) is 0.